The van der Waals surface area contributed by atoms with E-state index in [0.29, 0.717) is 17.4 Å². The van der Waals surface area contributed by atoms with Crippen LogP contribution in [0.3, 0.4) is 0 Å². The molecule has 0 bridgehead atoms. The minimum atomic E-state index is 0.0103. The second-order valence-electron chi connectivity index (χ2n) is 5.41. The number of nitrogens with zero attached hydrogens (tertiary/aromatic N) is 3. The van der Waals surface area contributed by atoms with Crippen LogP contribution in [-0.2, 0) is 0 Å². The zero-order valence-electron chi connectivity index (χ0n) is 12.9. The van der Waals surface area contributed by atoms with E-state index in [1.165, 1.54) is 12.8 Å². The zero-order valence-corrected chi connectivity index (χ0v) is 14.5. The Morgan fingerprint density at radius 2 is 2.38 bits per heavy atom. The van der Waals surface area contributed by atoms with Gasteiger partial charge in [0.05, 0.1) is 5.56 Å². The van der Waals surface area contributed by atoms with Crippen LogP contribution in [0.4, 0.5) is 5.82 Å². The summed E-state index contributed by atoms with van der Waals surface area (Å²) in [7, 11) is 3.65. The number of aromatic nitrogens is 1. The Bertz CT molecular complexity index is 508. The van der Waals surface area contributed by atoms with Crippen molar-refractivity contribution in [2.75, 3.05) is 39.0 Å². The molecule has 116 valence electrons. The minimum absolute atomic E-state index is 0.0103. The molecule has 2 heterocycles. The molecule has 5 nitrogen and oxygen atoms in total. The molecule has 0 saturated carbocycles. The predicted octanol–water partition coefficient (Wildman–Crippen LogP) is 2.44. The Morgan fingerprint density at radius 1 is 1.62 bits per heavy atom. The van der Waals surface area contributed by atoms with Crippen molar-refractivity contribution in [1.82, 2.24) is 14.8 Å². The molecule has 1 aromatic heterocycles. The smallest absolute Gasteiger partial charge is 0.257 e. The number of hydrogen-bond donors (Lipinski definition) is 1. The van der Waals surface area contributed by atoms with Gasteiger partial charge in [0.1, 0.15) is 5.82 Å². The van der Waals surface area contributed by atoms with Gasteiger partial charge in [-0.05, 0) is 47.9 Å². The van der Waals surface area contributed by atoms with Crippen LogP contribution in [0.2, 0.25) is 0 Å². The van der Waals surface area contributed by atoms with Gasteiger partial charge in [0.15, 0.2) is 0 Å². The molecular weight excluding hydrogens is 332 g/mol. The summed E-state index contributed by atoms with van der Waals surface area (Å²) >= 11 is 3.38. The number of nitrogens with one attached hydrogen (secondary N) is 1. The summed E-state index contributed by atoms with van der Waals surface area (Å²) in [4.78, 5) is 21.2. The molecule has 1 aromatic rings. The highest BCUT2D eigenvalue weighted by Gasteiger charge is 2.26. The summed E-state index contributed by atoms with van der Waals surface area (Å²) in [5.74, 6) is 0.630. The summed E-state index contributed by atoms with van der Waals surface area (Å²) in [6.07, 6.45) is 4.08. The van der Waals surface area contributed by atoms with E-state index < -0.39 is 0 Å². The average molecular weight is 355 g/mol. The topological polar surface area (TPSA) is 48.5 Å². The van der Waals surface area contributed by atoms with Crippen LogP contribution in [0, 0.1) is 0 Å². The first-order valence-electron chi connectivity index (χ1n) is 7.39. The molecule has 2 rings (SSSR count). The highest BCUT2D eigenvalue weighted by atomic mass is 79.9. The maximum atomic E-state index is 12.7. The lowest BCUT2D eigenvalue weighted by Crippen LogP contribution is -2.41. The summed E-state index contributed by atoms with van der Waals surface area (Å²) in [6.45, 7) is 5.14. The van der Waals surface area contributed by atoms with Crippen LogP contribution in [-0.4, -0.2) is 60.5 Å². The minimum Gasteiger partial charge on any atom is -0.372 e. The van der Waals surface area contributed by atoms with Crippen molar-refractivity contribution < 1.29 is 4.79 Å². The summed E-state index contributed by atoms with van der Waals surface area (Å²) in [6, 6.07) is 2.30. The highest BCUT2D eigenvalue weighted by molar-refractivity contribution is 9.10. The van der Waals surface area contributed by atoms with Crippen LogP contribution in [0.5, 0.6) is 0 Å². The summed E-state index contributed by atoms with van der Waals surface area (Å²) < 4.78 is 0.814. The fourth-order valence-corrected chi connectivity index (χ4v) is 3.26. The van der Waals surface area contributed by atoms with E-state index in [1.807, 2.05) is 18.0 Å². The van der Waals surface area contributed by atoms with Crippen molar-refractivity contribution in [2.24, 2.45) is 0 Å². The molecule has 6 heteroatoms. The highest BCUT2D eigenvalue weighted by Crippen LogP contribution is 2.21. The van der Waals surface area contributed by atoms with Gasteiger partial charge in [-0.25, -0.2) is 4.98 Å². The van der Waals surface area contributed by atoms with E-state index in [-0.39, 0.29) is 5.91 Å². The number of rotatable bonds is 5. The number of hydrogen-bond acceptors (Lipinski definition) is 4. The van der Waals surface area contributed by atoms with Crippen LogP contribution < -0.4 is 5.32 Å². The van der Waals surface area contributed by atoms with E-state index in [4.69, 9.17) is 0 Å². The van der Waals surface area contributed by atoms with Crippen molar-refractivity contribution in [1.29, 1.82) is 0 Å². The average Bonchev–Trinajstić information content (AvgIpc) is 2.93. The molecular formula is C15H23BrN4O. The Morgan fingerprint density at radius 3 is 3.05 bits per heavy atom. The first-order chi connectivity index (χ1) is 10.1. The Kier molecular flexibility index (Phi) is 5.58. The molecule has 1 saturated heterocycles. The van der Waals surface area contributed by atoms with Crippen molar-refractivity contribution in [3.63, 3.8) is 0 Å². The van der Waals surface area contributed by atoms with Crippen molar-refractivity contribution >= 4 is 27.7 Å². The molecule has 1 amide bonds. The second kappa shape index (κ2) is 7.22. The van der Waals surface area contributed by atoms with Crippen LogP contribution in [0.15, 0.2) is 16.7 Å². The quantitative estimate of drug-likeness (QED) is 0.882. The van der Waals surface area contributed by atoms with E-state index in [9.17, 15) is 4.79 Å². The maximum Gasteiger partial charge on any atom is 0.257 e. The van der Waals surface area contributed by atoms with E-state index in [1.54, 1.807) is 13.2 Å². The molecule has 1 fully saturated rings. The molecule has 0 radical (unpaired) electrons. The number of carbonyl (C=O) groups excluding carboxylic acids is 1. The number of amides is 1. The monoisotopic (exact) mass is 354 g/mol. The first-order valence-corrected chi connectivity index (χ1v) is 8.19. The van der Waals surface area contributed by atoms with Gasteiger partial charge in [-0.3, -0.25) is 9.69 Å². The van der Waals surface area contributed by atoms with E-state index >= 15 is 0 Å². The molecule has 0 aromatic carbocycles. The third-order valence-corrected chi connectivity index (χ3v) is 4.49. The number of halogens is 1. The lowest BCUT2D eigenvalue weighted by Gasteiger charge is -2.28. The number of likely N-dealkylation sites (tertiary alicyclic amines) is 1. The maximum absolute atomic E-state index is 12.7. The van der Waals surface area contributed by atoms with Gasteiger partial charge in [0.25, 0.3) is 5.91 Å². The van der Waals surface area contributed by atoms with Gasteiger partial charge in [0.2, 0.25) is 0 Å². The summed E-state index contributed by atoms with van der Waals surface area (Å²) in [5, 5.41) is 2.98. The third kappa shape index (κ3) is 3.74. The molecule has 1 aliphatic rings. The number of anilines is 1. The fraction of sp³-hybridized carbons (Fsp3) is 0.600. The molecule has 1 aliphatic heterocycles. The Balaban J connectivity index is 2.10. The first kappa shape index (κ1) is 16.2. The molecule has 0 spiro atoms. The number of pyridine rings is 1. The van der Waals surface area contributed by atoms with E-state index in [2.05, 4.69) is 38.1 Å². The van der Waals surface area contributed by atoms with Crippen molar-refractivity contribution in [2.45, 2.75) is 25.8 Å². The molecule has 1 atom stereocenters. The van der Waals surface area contributed by atoms with Crippen molar-refractivity contribution in [3.05, 3.63) is 22.3 Å². The third-order valence-electron chi connectivity index (χ3n) is 4.06. The molecule has 0 aliphatic carbocycles. The second-order valence-corrected chi connectivity index (χ2v) is 6.33. The van der Waals surface area contributed by atoms with Gasteiger partial charge >= 0.3 is 0 Å². The van der Waals surface area contributed by atoms with Gasteiger partial charge < -0.3 is 10.2 Å². The summed E-state index contributed by atoms with van der Waals surface area (Å²) in [5.41, 5.74) is 0.607. The zero-order chi connectivity index (χ0) is 15.4. The normalized spacial score (nSPS) is 18.8. The number of likely N-dealkylation sites (N-methyl/N-ethyl adjacent to an activating group) is 2. The standard InChI is InChI=1S/C15H23BrN4O/c1-4-20-7-5-6-12(20)10-19(3)15(21)13-8-11(16)9-18-14(13)17-2/h8-9,12H,4-7,10H2,1-3H3,(H,17,18). The lowest BCUT2D eigenvalue weighted by atomic mass is 10.1. The molecule has 1 unspecified atom stereocenters. The van der Waals surface area contributed by atoms with Gasteiger partial charge in [-0.2, -0.15) is 0 Å². The van der Waals surface area contributed by atoms with Crippen LogP contribution in [0.1, 0.15) is 30.1 Å². The number of carbonyl (C=O) groups is 1. The van der Waals surface area contributed by atoms with Gasteiger partial charge in [0, 0.05) is 37.4 Å². The Hall–Kier alpha value is -1.14. The van der Waals surface area contributed by atoms with Gasteiger partial charge in [-0.15, -0.1) is 0 Å². The predicted molar refractivity (Wildman–Crippen MR) is 88.7 cm³/mol. The van der Waals surface area contributed by atoms with Gasteiger partial charge in [-0.1, -0.05) is 6.92 Å². The van der Waals surface area contributed by atoms with E-state index in [0.717, 1.165) is 24.1 Å². The Labute approximate surface area is 134 Å². The van der Waals surface area contributed by atoms with Crippen LogP contribution in [0.25, 0.3) is 0 Å². The van der Waals surface area contributed by atoms with Crippen LogP contribution >= 0.6 is 15.9 Å². The largest absolute Gasteiger partial charge is 0.372 e. The lowest BCUT2D eigenvalue weighted by molar-refractivity contribution is 0.0755. The van der Waals surface area contributed by atoms with Crippen molar-refractivity contribution in [3.8, 4) is 0 Å². The SMILES string of the molecule is CCN1CCCC1CN(C)C(=O)c1cc(Br)cnc1NC. The molecule has 21 heavy (non-hydrogen) atoms. The fourth-order valence-electron chi connectivity index (χ4n) is 2.92. The molecule has 1 N–H and O–H groups in total.